The van der Waals surface area contributed by atoms with Crippen LogP contribution in [0.5, 0.6) is 0 Å². The van der Waals surface area contributed by atoms with Gasteiger partial charge in [-0.1, -0.05) is 166 Å². The summed E-state index contributed by atoms with van der Waals surface area (Å²) in [6, 6.07) is -0.0792. The van der Waals surface area contributed by atoms with E-state index in [9.17, 15) is 38.4 Å². The Balaban J connectivity index is -0.000000455. The average Bonchev–Trinajstić information content (AvgIpc) is 3.22. The van der Waals surface area contributed by atoms with Crippen molar-refractivity contribution in [3.63, 3.8) is 0 Å². The van der Waals surface area contributed by atoms with Gasteiger partial charge in [0.25, 0.3) is 0 Å². The first-order valence-electron chi connectivity index (χ1n) is 27.6. The van der Waals surface area contributed by atoms with Gasteiger partial charge in [-0.2, -0.15) is 0 Å². The van der Waals surface area contributed by atoms with Crippen molar-refractivity contribution in [2.45, 2.75) is 217 Å². The highest BCUT2D eigenvalue weighted by atomic mass is 16.2. The van der Waals surface area contributed by atoms with E-state index in [-0.39, 0.29) is 122 Å². The van der Waals surface area contributed by atoms with Gasteiger partial charge in [-0.15, -0.1) is 0 Å². The number of rotatable bonds is 20. The van der Waals surface area contributed by atoms with Crippen LogP contribution in [0.2, 0.25) is 0 Å². The molecule has 8 N–H and O–H groups in total. The molecule has 448 valence electrons. The third-order valence-corrected chi connectivity index (χ3v) is 13.7. The number of Topliss-reactive ketones (excluding diaryl/α,β-unsaturated/α-hetero) is 4. The lowest BCUT2D eigenvalue weighted by Crippen LogP contribution is -2.49. The third kappa shape index (κ3) is 32.3. The molecule has 0 aromatic heterocycles. The second-order valence-corrected chi connectivity index (χ2v) is 29.4. The Morgan fingerprint density at radius 1 is 0.395 bits per heavy atom. The molecule has 0 radical (unpaired) electrons. The maximum Gasteiger partial charge on any atom is 0.226 e. The van der Waals surface area contributed by atoms with E-state index in [1.165, 1.54) is 0 Å². The van der Waals surface area contributed by atoms with Gasteiger partial charge in [0, 0.05) is 152 Å². The predicted octanol–water partition coefficient (Wildman–Crippen LogP) is 8.57. The molecule has 0 saturated heterocycles. The van der Waals surface area contributed by atoms with Crippen molar-refractivity contribution >= 4 is 46.8 Å². The Bertz CT molecular complexity index is 1820. The molecule has 0 rings (SSSR count). The summed E-state index contributed by atoms with van der Waals surface area (Å²) in [6.45, 7) is 49.9. The van der Waals surface area contributed by atoms with E-state index in [2.05, 4.69) is 41.5 Å². The molecule has 4 atom stereocenters. The zero-order valence-electron chi connectivity index (χ0n) is 54.2. The number of carbonyl (C=O) groups excluding carboxylic acids is 8. The fraction of sp³-hybridized carbons (Fsp3) is 0.867. The van der Waals surface area contributed by atoms with Crippen LogP contribution in [-0.2, 0) is 38.4 Å². The second-order valence-electron chi connectivity index (χ2n) is 29.4. The van der Waals surface area contributed by atoms with Crippen LogP contribution in [0.3, 0.4) is 0 Å². The Morgan fingerprint density at radius 2 is 0.763 bits per heavy atom. The van der Waals surface area contributed by atoms with Crippen molar-refractivity contribution in [3.8, 4) is 0 Å². The van der Waals surface area contributed by atoms with E-state index in [0.29, 0.717) is 58.5 Å². The first-order chi connectivity index (χ1) is 33.6. The molecule has 0 heterocycles. The highest BCUT2D eigenvalue weighted by molar-refractivity contribution is 5.92. The smallest absolute Gasteiger partial charge is 0.226 e. The monoisotopic (exact) mass is 1080 g/mol. The van der Waals surface area contributed by atoms with Crippen LogP contribution in [0.4, 0.5) is 0 Å². The number of nitrogens with zero attached hydrogens (tertiary/aromatic N) is 4. The van der Waals surface area contributed by atoms with E-state index < -0.39 is 10.8 Å². The fourth-order valence-corrected chi connectivity index (χ4v) is 7.28. The summed E-state index contributed by atoms with van der Waals surface area (Å²) in [5.41, 5.74) is 20.6. The molecule has 16 nitrogen and oxygen atoms in total. The van der Waals surface area contributed by atoms with Gasteiger partial charge in [0.05, 0.1) is 0 Å². The van der Waals surface area contributed by atoms with Crippen LogP contribution in [0.25, 0.3) is 0 Å². The summed E-state index contributed by atoms with van der Waals surface area (Å²) in [4.78, 5) is 104. The number of likely N-dealkylation sites (N-methyl/N-ethyl adjacent to an activating group) is 4. The van der Waals surface area contributed by atoms with Gasteiger partial charge in [-0.25, -0.2) is 0 Å². The molecule has 4 amide bonds. The maximum absolute atomic E-state index is 12.5. The Morgan fingerprint density at radius 3 is 1.07 bits per heavy atom. The van der Waals surface area contributed by atoms with Crippen molar-refractivity contribution in [3.05, 3.63) is 0 Å². The third-order valence-electron chi connectivity index (χ3n) is 13.7. The first kappa shape index (κ1) is 78.9. The van der Waals surface area contributed by atoms with Gasteiger partial charge >= 0.3 is 0 Å². The lowest BCUT2D eigenvalue weighted by molar-refractivity contribution is -0.142. The molecule has 4 unspecified atom stereocenters. The second kappa shape index (κ2) is 32.5. The zero-order chi connectivity index (χ0) is 61.7. The van der Waals surface area contributed by atoms with Crippen LogP contribution in [-0.4, -0.2) is 146 Å². The van der Waals surface area contributed by atoms with Crippen LogP contribution in [0.1, 0.15) is 205 Å². The lowest BCUT2D eigenvalue weighted by atomic mass is 9.69. The van der Waals surface area contributed by atoms with Crippen molar-refractivity contribution in [2.75, 3.05) is 67.5 Å². The molecule has 16 heteroatoms. The Kier molecular flexibility index (Phi) is 33.7. The van der Waals surface area contributed by atoms with Gasteiger partial charge in [0.1, 0.15) is 23.1 Å². The van der Waals surface area contributed by atoms with E-state index >= 15 is 0 Å². The van der Waals surface area contributed by atoms with Gasteiger partial charge in [-0.05, 0) is 21.7 Å². The van der Waals surface area contributed by atoms with E-state index in [4.69, 9.17) is 22.9 Å². The SMILES string of the molecule is CN(C(=O)CCC(=O)C(C)(C)C)C(CN)C(C)(C)C.CN(CC(N)C(C)(C)C)C(=O)CCC(=O)C(C)(C)C.CN(CCN)C(=O)C(CC(=O)C(C)(C)C)C(C)(C)C.CN(CCN)C(=O)CC(C(=O)C(C)(C)C)C(C)(C)C. The van der Waals surface area contributed by atoms with E-state index in [1.807, 2.05) is 125 Å². The van der Waals surface area contributed by atoms with Gasteiger partial charge in [0.2, 0.25) is 23.6 Å². The Hall–Kier alpha value is -3.60. The number of ketones is 4. The van der Waals surface area contributed by atoms with Crippen LogP contribution >= 0.6 is 0 Å². The summed E-state index contributed by atoms with van der Waals surface area (Å²) in [6.07, 6.45) is 1.69. The summed E-state index contributed by atoms with van der Waals surface area (Å²) >= 11 is 0. The molecule has 0 aliphatic heterocycles. The molecule has 0 aliphatic rings. The van der Waals surface area contributed by atoms with Crippen molar-refractivity contribution in [2.24, 2.45) is 78.1 Å². The molecular weight excluding hydrogens is 961 g/mol. The van der Waals surface area contributed by atoms with Crippen molar-refractivity contribution in [1.82, 2.24) is 19.6 Å². The lowest BCUT2D eigenvalue weighted by Gasteiger charge is -2.37. The van der Waals surface area contributed by atoms with Crippen LogP contribution < -0.4 is 22.9 Å². The van der Waals surface area contributed by atoms with Crippen molar-refractivity contribution in [1.29, 1.82) is 0 Å². The normalized spacial score (nSPS) is 14.1. The predicted molar refractivity (Wildman–Crippen MR) is 315 cm³/mol. The summed E-state index contributed by atoms with van der Waals surface area (Å²) < 4.78 is 0. The maximum atomic E-state index is 12.5. The fourth-order valence-electron chi connectivity index (χ4n) is 7.28. The number of hydrogen-bond acceptors (Lipinski definition) is 12. The minimum Gasteiger partial charge on any atom is -0.344 e. The highest BCUT2D eigenvalue weighted by Crippen LogP contribution is 2.36. The molecule has 0 aromatic carbocycles. The molecule has 0 saturated carbocycles. The molecule has 0 aromatic rings. The number of hydrogen-bond donors (Lipinski definition) is 4. The molecule has 0 spiro atoms. The zero-order valence-corrected chi connectivity index (χ0v) is 54.2. The molecular formula is C60H120N8O8. The topological polar surface area (TPSA) is 254 Å². The molecule has 76 heavy (non-hydrogen) atoms. The number of nitrogens with two attached hydrogens (primary N) is 4. The highest BCUT2D eigenvalue weighted by Gasteiger charge is 2.40. The molecule has 0 aliphatic carbocycles. The van der Waals surface area contributed by atoms with Gasteiger partial charge in [0.15, 0.2) is 0 Å². The Labute approximate surface area is 465 Å². The quantitative estimate of drug-likeness (QED) is 0.0895. The van der Waals surface area contributed by atoms with E-state index in [0.717, 1.165) is 0 Å². The summed E-state index contributed by atoms with van der Waals surface area (Å²) in [5, 5.41) is 0. The summed E-state index contributed by atoms with van der Waals surface area (Å²) in [7, 11) is 6.99. The molecule has 0 bridgehead atoms. The van der Waals surface area contributed by atoms with E-state index in [1.54, 1.807) is 47.8 Å². The number of amides is 4. The van der Waals surface area contributed by atoms with Gasteiger partial charge < -0.3 is 42.5 Å². The van der Waals surface area contributed by atoms with Crippen molar-refractivity contribution < 1.29 is 38.4 Å². The van der Waals surface area contributed by atoms with Crippen LogP contribution in [0.15, 0.2) is 0 Å². The standard InChI is InChI=1S/4C15H30N2O2/c1-14(2,3)11(13(19)15(4,5)6)10-12(18)17(7)9-8-16;1-14(2,3)11(10-12(18)15(4,5)6)13(19)17(7)9-8-16;1-14(2,3)11(16)10-17(7)13(19)9-8-12(18)15(4,5)6;1-14(2,3)11(10-16)17(7)13(19)9-8-12(18)15(4,5)6/h4*11H,8-10,16H2,1-7H3. The van der Waals surface area contributed by atoms with Crippen LogP contribution in [0, 0.1) is 55.2 Å². The minimum atomic E-state index is -0.426. The number of carbonyl (C=O) groups is 8. The first-order valence-corrected chi connectivity index (χ1v) is 27.6. The minimum absolute atomic E-state index is 0.00950. The van der Waals surface area contributed by atoms with Gasteiger partial charge in [-0.3, -0.25) is 38.4 Å². The molecule has 0 fully saturated rings. The average molecular weight is 1080 g/mol. The largest absolute Gasteiger partial charge is 0.344 e. The summed E-state index contributed by atoms with van der Waals surface area (Å²) in [5.74, 6) is -0.0742.